The molecule has 2 amide bonds. The molecule has 0 aromatic heterocycles. The van der Waals surface area contributed by atoms with Crippen LogP contribution in [0.5, 0.6) is 0 Å². The van der Waals surface area contributed by atoms with Gasteiger partial charge in [-0.15, -0.1) is 0 Å². The van der Waals surface area contributed by atoms with Gasteiger partial charge in [-0.25, -0.2) is 0 Å². The van der Waals surface area contributed by atoms with Crippen LogP contribution in [0.1, 0.15) is 53.4 Å². The van der Waals surface area contributed by atoms with E-state index in [1.807, 2.05) is 0 Å². The predicted molar refractivity (Wildman–Crippen MR) is 81.2 cm³/mol. The largest absolute Gasteiger partial charge is 0.354 e. The normalized spacial score (nSPS) is 16.9. The quantitative estimate of drug-likeness (QED) is 0.813. The number of carbonyl (C=O) groups is 2. The molecular formula is C16H30N2O2. The van der Waals surface area contributed by atoms with Crippen LogP contribution in [0.4, 0.5) is 0 Å². The van der Waals surface area contributed by atoms with E-state index in [2.05, 4.69) is 33.0 Å². The molecule has 4 heteroatoms. The Bertz CT molecular complexity index is 318. The van der Waals surface area contributed by atoms with E-state index in [9.17, 15) is 9.59 Å². The van der Waals surface area contributed by atoms with Gasteiger partial charge < -0.3 is 10.2 Å². The fourth-order valence-corrected chi connectivity index (χ4v) is 2.91. The third kappa shape index (κ3) is 5.51. The first-order valence-corrected chi connectivity index (χ1v) is 7.96. The molecule has 1 heterocycles. The summed E-state index contributed by atoms with van der Waals surface area (Å²) in [7, 11) is 0. The highest BCUT2D eigenvalue weighted by Crippen LogP contribution is 2.19. The second kappa shape index (κ2) is 8.28. The van der Waals surface area contributed by atoms with Crippen LogP contribution in [0.3, 0.4) is 0 Å². The SMILES string of the molecule is CC(C)C(CNC(=O)CN1CCCCCC1=O)C(C)C. The molecule has 0 saturated carbocycles. The summed E-state index contributed by atoms with van der Waals surface area (Å²) in [5, 5.41) is 3.00. The molecule has 4 nitrogen and oxygen atoms in total. The standard InChI is InChI=1S/C16H30N2O2/c1-12(2)14(13(3)4)10-17-15(19)11-18-9-7-5-6-8-16(18)20/h12-14H,5-11H2,1-4H3,(H,17,19). The van der Waals surface area contributed by atoms with Crippen molar-refractivity contribution in [1.82, 2.24) is 10.2 Å². The van der Waals surface area contributed by atoms with Gasteiger partial charge in [-0.05, 0) is 30.6 Å². The Morgan fingerprint density at radius 2 is 1.80 bits per heavy atom. The number of amides is 2. The van der Waals surface area contributed by atoms with Gasteiger partial charge in [0.25, 0.3) is 0 Å². The highest BCUT2D eigenvalue weighted by atomic mass is 16.2. The van der Waals surface area contributed by atoms with E-state index in [0.29, 0.717) is 30.7 Å². The molecule has 0 spiro atoms. The van der Waals surface area contributed by atoms with Crippen molar-refractivity contribution in [3.8, 4) is 0 Å². The number of carbonyl (C=O) groups excluding carboxylic acids is 2. The van der Waals surface area contributed by atoms with E-state index in [0.717, 1.165) is 25.8 Å². The molecule has 1 rings (SSSR count). The Morgan fingerprint density at radius 3 is 2.40 bits per heavy atom. The maximum absolute atomic E-state index is 12.0. The monoisotopic (exact) mass is 282 g/mol. The van der Waals surface area contributed by atoms with E-state index in [4.69, 9.17) is 0 Å². The zero-order chi connectivity index (χ0) is 15.1. The smallest absolute Gasteiger partial charge is 0.239 e. The summed E-state index contributed by atoms with van der Waals surface area (Å²) in [6.07, 6.45) is 3.65. The highest BCUT2D eigenvalue weighted by Gasteiger charge is 2.21. The molecule has 0 atom stereocenters. The van der Waals surface area contributed by atoms with Crippen molar-refractivity contribution in [2.24, 2.45) is 17.8 Å². The van der Waals surface area contributed by atoms with E-state index in [-0.39, 0.29) is 18.4 Å². The van der Waals surface area contributed by atoms with Crippen LogP contribution in [0, 0.1) is 17.8 Å². The molecule has 1 saturated heterocycles. The third-order valence-electron chi connectivity index (χ3n) is 4.25. The highest BCUT2D eigenvalue weighted by molar-refractivity contribution is 5.84. The number of hydrogen-bond donors (Lipinski definition) is 1. The van der Waals surface area contributed by atoms with Crippen molar-refractivity contribution in [2.75, 3.05) is 19.6 Å². The molecule has 0 unspecified atom stereocenters. The molecule has 0 aromatic rings. The summed E-state index contributed by atoms with van der Waals surface area (Å²) in [6.45, 7) is 10.4. The van der Waals surface area contributed by atoms with Crippen LogP contribution in [-0.4, -0.2) is 36.3 Å². The molecular weight excluding hydrogens is 252 g/mol. The maximum Gasteiger partial charge on any atom is 0.239 e. The molecule has 0 bridgehead atoms. The van der Waals surface area contributed by atoms with Crippen molar-refractivity contribution >= 4 is 11.8 Å². The zero-order valence-corrected chi connectivity index (χ0v) is 13.4. The molecule has 1 aliphatic rings. The van der Waals surface area contributed by atoms with Gasteiger partial charge in [-0.2, -0.15) is 0 Å². The minimum atomic E-state index is -0.0217. The maximum atomic E-state index is 12.0. The number of nitrogens with one attached hydrogen (secondary N) is 1. The van der Waals surface area contributed by atoms with Crippen molar-refractivity contribution < 1.29 is 9.59 Å². The lowest BCUT2D eigenvalue weighted by atomic mass is 9.85. The van der Waals surface area contributed by atoms with Gasteiger partial charge in [0.15, 0.2) is 0 Å². The average Bonchev–Trinajstić information content (AvgIpc) is 2.54. The average molecular weight is 282 g/mol. The van der Waals surface area contributed by atoms with Crippen LogP contribution >= 0.6 is 0 Å². The van der Waals surface area contributed by atoms with Crippen LogP contribution < -0.4 is 5.32 Å². The van der Waals surface area contributed by atoms with E-state index >= 15 is 0 Å². The minimum Gasteiger partial charge on any atom is -0.354 e. The van der Waals surface area contributed by atoms with Gasteiger partial charge in [0.2, 0.25) is 11.8 Å². The first-order chi connectivity index (χ1) is 9.41. The lowest BCUT2D eigenvalue weighted by Gasteiger charge is -2.26. The molecule has 1 N–H and O–H groups in total. The van der Waals surface area contributed by atoms with E-state index < -0.39 is 0 Å². The van der Waals surface area contributed by atoms with Crippen LogP contribution in [-0.2, 0) is 9.59 Å². The lowest BCUT2D eigenvalue weighted by Crippen LogP contribution is -2.42. The van der Waals surface area contributed by atoms with Crippen LogP contribution in [0.15, 0.2) is 0 Å². The summed E-state index contributed by atoms with van der Waals surface area (Å²) in [5.74, 6) is 1.69. The van der Waals surface area contributed by atoms with Crippen molar-refractivity contribution in [2.45, 2.75) is 53.4 Å². The van der Waals surface area contributed by atoms with Gasteiger partial charge in [0.1, 0.15) is 0 Å². The molecule has 0 radical (unpaired) electrons. The molecule has 0 aromatic carbocycles. The van der Waals surface area contributed by atoms with Crippen molar-refractivity contribution in [3.05, 3.63) is 0 Å². The number of rotatable bonds is 6. The number of nitrogens with zero attached hydrogens (tertiary/aromatic N) is 1. The Balaban J connectivity index is 2.40. The van der Waals surface area contributed by atoms with Gasteiger partial charge in [-0.1, -0.05) is 34.1 Å². The van der Waals surface area contributed by atoms with E-state index in [1.54, 1.807) is 4.90 Å². The lowest BCUT2D eigenvalue weighted by molar-refractivity contribution is -0.135. The van der Waals surface area contributed by atoms with Gasteiger partial charge in [-0.3, -0.25) is 9.59 Å². The number of hydrogen-bond acceptors (Lipinski definition) is 2. The van der Waals surface area contributed by atoms with Crippen molar-refractivity contribution in [1.29, 1.82) is 0 Å². The van der Waals surface area contributed by atoms with Crippen LogP contribution in [0.25, 0.3) is 0 Å². The zero-order valence-electron chi connectivity index (χ0n) is 13.4. The third-order valence-corrected chi connectivity index (χ3v) is 4.25. The van der Waals surface area contributed by atoms with Gasteiger partial charge >= 0.3 is 0 Å². The molecule has 20 heavy (non-hydrogen) atoms. The topological polar surface area (TPSA) is 49.4 Å². The van der Waals surface area contributed by atoms with Crippen molar-refractivity contribution in [3.63, 3.8) is 0 Å². The Morgan fingerprint density at radius 1 is 1.15 bits per heavy atom. The molecule has 116 valence electrons. The van der Waals surface area contributed by atoms with E-state index in [1.165, 1.54) is 0 Å². The number of likely N-dealkylation sites (tertiary alicyclic amines) is 1. The Hall–Kier alpha value is -1.06. The summed E-state index contributed by atoms with van der Waals surface area (Å²) in [4.78, 5) is 25.6. The fourth-order valence-electron chi connectivity index (χ4n) is 2.91. The summed E-state index contributed by atoms with van der Waals surface area (Å²) >= 11 is 0. The molecule has 1 fully saturated rings. The molecule has 0 aliphatic carbocycles. The summed E-state index contributed by atoms with van der Waals surface area (Å²) in [5.41, 5.74) is 0. The summed E-state index contributed by atoms with van der Waals surface area (Å²) in [6, 6.07) is 0. The van der Waals surface area contributed by atoms with Crippen LogP contribution in [0.2, 0.25) is 0 Å². The van der Waals surface area contributed by atoms with Gasteiger partial charge in [0.05, 0.1) is 6.54 Å². The first-order valence-electron chi connectivity index (χ1n) is 7.96. The second-order valence-corrected chi connectivity index (χ2v) is 6.58. The predicted octanol–water partition coefficient (Wildman–Crippen LogP) is 2.43. The van der Waals surface area contributed by atoms with Gasteiger partial charge in [0, 0.05) is 19.5 Å². The molecule has 1 aliphatic heterocycles. The Kier molecular flexibility index (Phi) is 7.03. The first kappa shape index (κ1) is 17.0. The minimum absolute atomic E-state index is 0.0217. The second-order valence-electron chi connectivity index (χ2n) is 6.58. The fraction of sp³-hybridized carbons (Fsp3) is 0.875. The summed E-state index contributed by atoms with van der Waals surface area (Å²) < 4.78 is 0. The Labute approximate surface area is 123 Å².